The Hall–Kier alpha value is -1.97. The van der Waals surface area contributed by atoms with E-state index < -0.39 is 16.1 Å². The van der Waals surface area contributed by atoms with Crippen molar-refractivity contribution < 1.29 is 18.0 Å². The zero-order valence-electron chi connectivity index (χ0n) is 17.5. The minimum absolute atomic E-state index is 0.142. The molecule has 1 aromatic carbocycles. The molecule has 1 saturated heterocycles. The zero-order chi connectivity index (χ0) is 21.4. The summed E-state index contributed by atoms with van der Waals surface area (Å²) in [6.07, 6.45) is 1.95. The predicted octanol–water partition coefficient (Wildman–Crippen LogP) is 0.586. The van der Waals surface area contributed by atoms with Gasteiger partial charge in [0.2, 0.25) is 21.8 Å². The minimum atomic E-state index is -3.53. The third-order valence-corrected chi connectivity index (χ3v) is 6.83. The molecule has 1 atom stereocenters. The van der Waals surface area contributed by atoms with Gasteiger partial charge in [0.15, 0.2) is 0 Å². The summed E-state index contributed by atoms with van der Waals surface area (Å²) in [5.41, 5.74) is 1.13. The lowest BCUT2D eigenvalue weighted by molar-refractivity contribution is -0.129. The van der Waals surface area contributed by atoms with Crippen LogP contribution in [0.5, 0.6) is 0 Å². The van der Waals surface area contributed by atoms with Crippen molar-refractivity contribution in [1.82, 2.24) is 19.8 Å². The van der Waals surface area contributed by atoms with Crippen LogP contribution in [-0.4, -0.2) is 74.7 Å². The first-order chi connectivity index (χ1) is 13.8. The van der Waals surface area contributed by atoms with Gasteiger partial charge in [-0.2, -0.15) is 4.31 Å². The monoisotopic (exact) mass is 424 g/mol. The molecule has 2 rings (SSSR count). The summed E-state index contributed by atoms with van der Waals surface area (Å²) in [5, 5.41) is 5.33. The number of nitrogens with zero attached hydrogens (tertiary/aromatic N) is 2. The third-order valence-electron chi connectivity index (χ3n) is 4.92. The quantitative estimate of drug-likeness (QED) is 0.604. The van der Waals surface area contributed by atoms with Crippen LogP contribution in [0.15, 0.2) is 29.2 Å². The van der Waals surface area contributed by atoms with Gasteiger partial charge in [-0.1, -0.05) is 25.5 Å². The van der Waals surface area contributed by atoms with E-state index in [1.54, 1.807) is 19.1 Å². The van der Waals surface area contributed by atoms with E-state index in [0.717, 1.165) is 18.4 Å². The van der Waals surface area contributed by atoms with Gasteiger partial charge in [0, 0.05) is 32.7 Å². The van der Waals surface area contributed by atoms with E-state index in [9.17, 15) is 18.0 Å². The highest BCUT2D eigenvalue weighted by Gasteiger charge is 2.29. The Kier molecular flexibility index (Phi) is 8.60. The average Bonchev–Trinajstić information content (AvgIpc) is 2.69. The second-order valence-electron chi connectivity index (χ2n) is 7.26. The van der Waals surface area contributed by atoms with Gasteiger partial charge in [0.25, 0.3) is 0 Å². The molecule has 0 aliphatic carbocycles. The smallest absolute Gasteiger partial charge is 0.243 e. The van der Waals surface area contributed by atoms with Gasteiger partial charge in [-0.05, 0) is 38.0 Å². The fraction of sp³-hybridized carbons (Fsp3) is 0.600. The number of carbonyl (C=O) groups excluding carboxylic acids is 2. The molecule has 1 fully saturated rings. The molecule has 0 aromatic heterocycles. The largest absolute Gasteiger partial charge is 0.355 e. The first-order valence-electron chi connectivity index (χ1n) is 10.2. The highest BCUT2D eigenvalue weighted by Crippen LogP contribution is 2.18. The number of amides is 2. The number of benzene rings is 1. The van der Waals surface area contributed by atoms with Crippen molar-refractivity contribution in [1.29, 1.82) is 0 Å². The molecule has 0 radical (unpaired) electrons. The summed E-state index contributed by atoms with van der Waals surface area (Å²) in [6.45, 7) is 7.80. The number of hydrogen-bond donors (Lipinski definition) is 2. The van der Waals surface area contributed by atoms with Gasteiger partial charge >= 0.3 is 0 Å². The van der Waals surface area contributed by atoms with Crippen molar-refractivity contribution in [2.24, 2.45) is 0 Å². The van der Waals surface area contributed by atoms with Gasteiger partial charge in [0.05, 0.1) is 11.4 Å². The number of hydrogen-bond acceptors (Lipinski definition) is 5. The van der Waals surface area contributed by atoms with Gasteiger partial charge in [-0.15, -0.1) is 0 Å². The lowest BCUT2D eigenvalue weighted by atomic mass is 10.1. The standard InChI is InChI=1S/C20H32N4O4S/c1-4-6-17-7-9-18(10-8-17)29(27,28)24-13-11-23(12-14-24)15-19(25)22-16(3)20(26)21-5-2/h7-10,16H,4-6,11-15H2,1-3H3,(H,21,26)(H,22,25)/t16-/m1/s1. The van der Waals surface area contributed by atoms with Crippen LogP contribution in [0.25, 0.3) is 0 Å². The Morgan fingerprint density at radius 3 is 2.24 bits per heavy atom. The molecule has 1 heterocycles. The molecule has 0 unspecified atom stereocenters. The van der Waals surface area contributed by atoms with E-state index in [-0.39, 0.29) is 18.4 Å². The Morgan fingerprint density at radius 2 is 1.69 bits per heavy atom. The summed E-state index contributed by atoms with van der Waals surface area (Å²) in [4.78, 5) is 26.1. The fourth-order valence-electron chi connectivity index (χ4n) is 3.28. The van der Waals surface area contributed by atoms with Crippen LogP contribution in [0.2, 0.25) is 0 Å². The van der Waals surface area contributed by atoms with E-state index in [4.69, 9.17) is 0 Å². The number of sulfonamides is 1. The van der Waals surface area contributed by atoms with Gasteiger partial charge in [-0.3, -0.25) is 14.5 Å². The fourth-order valence-corrected chi connectivity index (χ4v) is 4.70. The first-order valence-corrected chi connectivity index (χ1v) is 11.6. The zero-order valence-corrected chi connectivity index (χ0v) is 18.3. The van der Waals surface area contributed by atoms with E-state index >= 15 is 0 Å². The van der Waals surface area contributed by atoms with E-state index in [1.807, 2.05) is 24.0 Å². The number of piperazine rings is 1. The summed E-state index contributed by atoms with van der Waals surface area (Å²) in [5.74, 6) is -0.465. The van der Waals surface area contributed by atoms with Gasteiger partial charge in [0.1, 0.15) is 6.04 Å². The Morgan fingerprint density at radius 1 is 1.07 bits per heavy atom. The molecule has 9 heteroatoms. The molecular weight excluding hydrogens is 392 g/mol. The van der Waals surface area contributed by atoms with Crippen molar-refractivity contribution in [3.8, 4) is 0 Å². The van der Waals surface area contributed by atoms with Crippen LogP contribution in [0.3, 0.4) is 0 Å². The average molecular weight is 425 g/mol. The minimum Gasteiger partial charge on any atom is -0.355 e. The van der Waals surface area contributed by atoms with E-state index in [1.165, 1.54) is 4.31 Å². The predicted molar refractivity (Wildman–Crippen MR) is 112 cm³/mol. The highest BCUT2D eigenvalue weighted by atomic mass is 32.2. The Labute approximate surface area is 173 Å². The molecular formula is C20H32N4O4S. The molecule has 0 spiro atoms. The summed E-state index contributed by atoms with van der Waals surface area (Å²) in [7, 11) is -3.53. The molecule has 2 amide bonds. The number of rotatable bonds is 9. The van der Waals surface area contributed by atoms with E-state index in [2.05, 4.69) is 17.6 Å². The molecule has 162 valence electrons. The second kappa shape index (κ2) is 10.7. The van der Waals surface area contributed by atoms with Crippen molar-refractivity contribution >= 4 is 21.8 Å². The van der Waals surface area contributed by atoms with Crippen LogP contribution in [0.4, 0.5) is 0 Å². The lowest BCUT2D eigenvalue weighted by Gasteiger charge is -2.33. The van der Waals surface area contributed by atoms with Gasteiger partial charge in [-0.25, -0.2) is 8.42 Å². The van der Waals surface area contributed by atoms with Crippen molar-refractivity contribution in [2.45, 2.75) is 44.6 Å². The molecule has 0 saturated carbocycles. The van der Waals surface area contributed by atoms with Crippen LogP contribution in [0, 0.1) is 0 Å². The third kappa shape index (κ3) is 6.52. The number of likely N-dealkylation sites (N-methyl/N-ethyl adjacent to an activating group) is 1. The van der Waals surface area contributed by atoms with Crippen LogP contribution >= 0.6 is 0 Å². The van der Waals surface area contributed by atoms with Crippen molar-refractivity contribution in [2.75, 3.05) is 39.3 Å². The molecule has 29 heavy (non-hydrogen) atoms. The normalized spacial score (nSPS) is 16.9. The second-order valence-corrected chi connectivity index (χ2v) is 9.20. The maximum atomic E-state index is 12.9. The number of carbonyl (C=O) groups is 2. The molecule has 1 aromatic rings. The Balaban J connectivity index is 1.86. The number of aryl methyl sites for hydroxylation is 1. The summed E-state index contributed by atoms with van der Waals surface area (Å²) in [6, 6.07) is 6.48. The lowest BCUT2D eigenvalue weighted by Crippen LogP contribution is -2.53. The van der Waals surface area contributed by atoms with Crippen molar-refractivity contribution in [3.05, 3.63) is 29.8 Å². The highest BCUT2D eigenvalue weighted by molar-refractivity contribution is 7.89. The topological polar surface area (TPSA) is 98.8 Å². The number of nitrogens with one attached hydrogen (secondary N) is 2. The molecule has 2 N–H and O–H groups in total. The van der Waals surface area contributed by atoms with Crippen molar-refractivity contribution in [3.63, 3.8) is 0 Å². The molecule has 8 nitrogen and oxygen atoms in total. The van der Waals surface area contributed by atoms with Crippen LogP contribution in [-0.2, 0) is 26.0 Å². The van der Waals surface area contributed by atoms with Gasteiger partial charge < -0.3 is 10.6 Å². The van der Waals surface area contributed by atoms with Crippen LogP contribution in [0.1, 0.15) is 32.8 Å². The van der Waals surface area contributed by atoms with Crippen LogP contribution < -0.4 is 10.6 Å². The summed E-state index contributed by atoms with van der Waals surface area (Å²) >= 11 is 0. The van der Waals surface area contributed by atoms with E-state index in [0.29, 0.717) is 37.6 Å². The Bertz CT molecular complexity index is 787. The molecule has 1 aliphatic rings. The summed E-state index contributed by atoms with van der Waals surface area (Å²) < 4.78 is 27.2. The maximum absolute atomic E-state index is 12.9. The molecule has 0 bridgehead atoms. The maximum Gasteiger partial charge on any atom is 0.243 e. The SMILES string of the molecule is CCCc1ccc(S(=O)(=O)N2CCN(CC(=O)N[C@H](C)C(=O)NCC)CC2)cc1. The first kappa shape index (κ1) is 23.3. The molecule has 1 aliphatic heterocycles.